The number of ether oxygens (including phenoxy) is 1. The zero-order chi connectivity index (χ0) is 14.5. The highest BCUT2D eigenvalue weighted by atomic mass is 35.5. The molecule has 0 heterocycles. The Hall–Kier alpha value is -2.04. The van der Waals surface area contributed by atoms with Gasteiger partial charge in [-0.05, 0) is 30.3 Å². The average Bonchev–Trinajstić information content (AvgIpc) is 2.39. The van der Waals surface area contributed by atoms with Gasteiger partial charge in [-0.1, -0.05) is 41.4 Å². The number of carbonyl (C=O) groups excluding carboxylic acids is 1. The second-order valence-corrected chi connectivity index (χ2v) is 4.65. The molecule has 0 aliphatic heterocycles. The van der Waals surface area contributed by atoms with Crippen LogP contribution in [0.4, 0.5) is 4.79 Å². The minimum atomic E-state index is -0.820. The van der Waals surface area contributed by atoms with Crippen LogP contribution in [0.15, 0.2) is 53.5 Å². The summed E-state index contributed by atoms with van der Waals surface area (Å²) in [5.41, 5.74) is 6.14. The van der Waals surface area contributed by atoms with Crippen LogP contribution in [0.25, 0.3) is 0 Å². The molecule has 2 rings (SSSR count). The van der Waals surface area contributed by atoms with Gasteiger partial charge in [-0.2, -0.15) is 4.99 Å². The summed E-state index contributed by atoms with van der Waals surface area (Å²) in [4.78, 5) is 15.3. The molecule has 0 radical (unpaired) electrons. The van der Waals surface area contributed by atoms with Crippen molar-refractivity contribution in [3.63, 3.8) is 0 Å². The van der Waals surface area contributed by atoms with E-state index in [0.29, 0.717) is 21.4 Å². The molecule has 2 aromatic carbocycles. The standard InChI is InChI=1S/C14H10Cl2N2O2/c15-9-6-7-11(12(16)8-9)13(17)18-14(19)20-10-4-2-1-3-5-10/h1-8H,(H2,17,18,19). The number of benzene rings is 2. The molecule has 6 heteroatoms. The number of para-hydroxylation sites is 1. The third-order valence-electron chi connectivity index (χ3n) is 2.37. The zero-order valence-electron chi connectivity index (χ0n) is 10.2. The Morgan fingerprint density at radius 1 is 1.10 bits per heavy atom. The molecule has 20 heavy (non-hydrogen) atoms. The summed E-state index contributed by atoms with van der Waals surface area (Å²) >= 11 is 11.7. The lowest BCUT2D eigenvalue weighted by molar-refractivity contribution is 0.211. The van der Waals surface area contributed by atoms with Crippen LogP contribution in [0.5, 0.6) is 5.75 Å². The molecule has 0 saturated carbocycles. The highest BCUT2D eigenvalue weighted by Gasteiger charge is 2.09. The molecule has 0 spiro atoms. The summed E-state index contributed by atoms with van der Waals surface area (Å²) in [7, 11) is 0. The van der Waals surface area contributed by atoms with Crippen LogP contribution in [0.3, 0.4) is 0 Å². The predicted octanol–water partition coefficient (Wildman–Crippen LogP) is 3.90. The van der Waals surface area contributed by atoms with E-state index in [1.54, 1.807) is 36.4 Å². The monoisotopic (exact) mass is 308 g/mol. The second kappa shape index (κ2) is 6.41. The van der Waals surface area contributed by atoms with Crippen molar-refractivity contribution in [1.29, 1.82) is 0 Å². The first kappa shape index (κ1) is 14.4. The first-order valence-electron chi connectivity index (χ1n) is 5.62. The average molecular weight is 309 g/mol. The molecule has 0 aliphatic carbocycles. The van der Waals surface area contributed by atoms with Gasteiger partial charge in [0.05, 0.1) is 5.02 Å². The molecule has 0 aliphatic rings. The number of nitrogens with zero attached hydrogens (tertiary/aromatic N) is 1. The van der Waals surface area contributed by atoms with Crippen molar-refractivity contribution in [2.24, 2.45) is 10.7 Å². The van der Waals surface area contributed by atoms with Gasteiger partial charge in [-0.25, -0.2) is 4.79 Å². The molecule has 0 unspecified atom stereocenters. The normalized spacial score (nSPS) is 11.2. The molecule has 4 nitrogen and oxygen atoms in total. The second-order valence-electron chi connectivity index (χ2n) is 3.80. The van der Waals surface area contributed by atoms with Gasteiger partial charge in [0.2, 0.25) is 0 Å². The Morgan fingerprint density at radius 3 is 2.45 bits per heavy atom. The van der Waals surface area contributed by atoms with Crippen LogP contribution in [-0.4, -0.2) is 11.9 Å². The van der Waals surface area contributed by atoms with E-state index in [9.17, 15) is 4.79 Å². The fourth-order valence-electron chi connectivity index (χ4n) is 1.47. The van der Waals surface area contributed by atoms with Crippen LogP contribution in [-0.2, 0) is 0 Å². The zero-order valence-corrected chi connectivity index (χ0v) is 11.7. The van der Waals surface area contributed by atoms with Gasteiger partial charge in [0.25, 0.3) is 0 Å². The highest BCUT2D eigenvalue weighted by molar-refractivity contribution is 6.37. The van der Waals surface area contributed by atoms with Crippen LogP contribution >= 0.6 is 23.2 Å². The molecule has 0 saturated heterocycles. The lowest BCUT2D eigenvalue weighted by Crippen LogP contribution is -2.17. The molecular weight excluding hydrogens is 299 g/mol. The number of rotatable bonds is 2. The van der Waals surface area contributed by atoms with E-state index in [2.05, 4.69) is 4.99 Å². The molecule has 2 aromatic rings. The van der Waals surface area contributed by atoms with Crippen molar-refractivity contribution in [2.75, 3.05) is 0 Å². The predicted molar refractivity (Wildman–Crippen MR) is 79.7 cm³/mol. The molecule has 102 valence electrons. The van der Waals surface area contributed by atoms with Gasteiger partial charge >= 0.3 is 6.09 Å². The maximum Gasteiger partial charge on any atom is 0.441 e. The first-order valence-corrected chi connectivity index (χ1v) is 6.38. The number of halogens is 2. The molecule has 2 N–H and O–H groups in total. The van der Waals surface area contributed by atoms with Crippen LogP contribution in [0, 0.1) is 0 Å². The maximum absolute atomic E-state index is 11.6. The minimum Gasteiger partial charge on any atom is -0.409 e. The van der Waals surface area contributed by atoms with Crippen molar-refractivity contribution in [1.82, 2.24) is 0 Å². The van der Waals surface area contributed by atoms with Crippen molar-refractivity contribution in [2.45, 2.75) is 0 Å². The third-order valence-corrected chi connectivity index (χ3v) is 2.91. The number of aliphatic imine (C=N–C) groups is 1. The van der Waals surface area contributed by atoms with E-state index in [0.717, 1.165) is 0 Å². The van der Waals surface area contributed by atoms with Crippen LogP contribution in [0.2, 0.25) is 10.0 Å². The van der Waals surface area contributed by atoms with Gasteiger partial charge in [-0.15, -0.1) is 0 Å². The van der Waals surface area contributed by atoms with E-state index in [1.807, 2.05) is 6.07 Å². The number of carbonyl (C=O) groups is 1. The van der Waals surface area contributed by atoms with Crippen molar-refractivity contribution in [3.8, 4) is 5.75 Å². The lowest BCUT2D eigenvalue weighted by atomic mass is 10.2. The van der Waals surface area contributed by atoms with Gasteiger partial charge in [-0.3, -0.25) is 0 Å². The summed E-state index contributed by atoms with van der Waals surface area (Å²) in [5, 5.41) is 0.782. The summed E-state index contributed by atoms with van der Waals surface area (Å²) in [6.07, 6.45) is -0.820. The van der Waals surface area contributed by atoms with Crippen molar-refractivity contribution in [3.05, 3.63) is 64.1 Å². The quantitative estimate of drug-likeness (QED) is 0.676. The Bertz CT molecular complexity index is 657. The molecule has 1 amide bonds. The fraction of sp³-hybridized carbons (Fsp3) is 0. The number of amidine groups is 1. The van der Waals surface area contributed by atoms with Crippen molar-refractivity contribution >= 4 is 35.1 Å². The summed E-state index contributed by atoms with van der Waals surface area (Å²) in [6, 6.07) is 13.3. The number of amides is 1. The van der Waals surface area contributed by atoms with Gasteiger partial charge in [0.15, 0.2) is 0 Å². The number of nitrogens with two attached hydrogens (primary N) is 1. The van der Waals surface area contributed by atoms with E-state index in [4.69, 9.17) is 33.7 Å². The summed E-state index contributed by atoms with van der Waals surface area (Å²) in [6.45, 7) is 0. The van der Waals surface area contributed by atoms with Crippen LogP contribution < -0.4 is 10.5 Å². The molecule has 0 aromatic heterocycles. The Labute approximate surface area is 125 Å². The van der Waals surface area contributed by atoms with Gasteiger partial charge in [0.1, 0.15) is 11.6 Å². The highest BCUT2D eigenvalue weighted by Crippen LogP contribution is 2.20. The smallest absolute Gasteiger partial charge is 0.409 e. The minimum absolute atomic E-state index is 0.0346. The van der Waals surface area contributed by atoms with E-state index in [-0.39, 0.29) is 5.84 Å². The summed E-state index contributed by atoms with van der Waals surface area (Å²) in [5.74, 6) is 0.351. The molecule has 0 atom stereocenters. The third kappa shape index (κ3) is 3.73. The van der Waals surface area contributed by atoms with Gasteiger partial charge < -0.3 is 10.5 Å². The molecule has 0 fully saturated rings. The Balaban J connectivity index is 2.15. The van der Waals surface area contributed by atoms with E-state index in [1.165, 1.54) is 6.07 Å². The number of hydrogen-bond acceptors (Lipinski definition) is 2. The topological polar surface area (TPSA) is 64.7 Å². The van der Waals surface area contributed by atoms with E-state index < -0.39 is 6.09 Å². The lowest BCUT2D eigenvalue weighted by Gasteiger charge is -2.04. The fourth-order valence-corrected chi connectivity index (χ4v) is 1.97. The van der Waals surface area contributed by atoms with Gasteiger partial charge in [0, 0.05) is 10.6 Å². The largest absolute Gasteiger partial charge is 0.441 e. The summed E-state index contributed by atoms with van der Waals surface area (Å²) < 4.78 is 4.99. The molecular formula is C14H10Cl2N2O2. The van der Waals surface area contributed by atoms with Crippen molar-refractivity contribution < 1.29 is 9.53 Å². The van der Waals surface area contributed by atoms with Crippen LogP contribution in [0.1, 0.15) is 5.56 Å². The first-order chi connectivity index (χ1) is 9.56. The molecule has 0 bridgehead atoms. The Kier molecular flexibility index (Phi) is 4.61. The number of hydrogen-bond donors (Lipinski definition) is 1. The SMILES string of the molecule is N/C(=N\C(=O)Oc1ccccc1)c1ccc(Cl)cc1Cl. The maximum atomic E-state index is 11.6. The van der Waals surface area contributed by atoms with E-state index >= 15 is 0 Å². The Morgan fingerprint density at radius 2 is 1.80 bits per heavy atom.